The summed E-state index contributed by atoms with van der Waals surface area (Å²) in [6.45, 7) is 5.67. The first-order valence-corrected chi connectivity index (χ1v) is 6.74. The highest BCUT2D eigenvalue weighted by Gasteiger charge is 2.26. The van der Waals surface area contributed by atoms with Gasteiger partial charge < -0.3 is 14.4 Å². The van der Waals surface area contributed by atoms with Gasteiger partial charge in [-0.1, -0.05) is 6.92 Å². The van der Waals surface area contributed by atoms with Gasteiger partial charge in [0.2, 0.25) is 0 Å². The van der Waals surface area contributed by atoms with Crippen molar-refractivity contribution in [3.05, 3.63) is 18.2 Å². The highest BCUT2D eigenvalue weighted by molar-refractivity contribution is 5.67. The van der Waals surface area contributed by atoms with Gasteiger partial charge in [-0.15, -0.1) is 0 Å². The van der Waals surface area contributed by atoms with Gasteiger partial charge in [-0.05, 0) is 6.42 Å². The fraction of sp³-hybridized carbons (Fsp3) is 0.692. The van der Waals surface area contributed by atoms with Crippen LogP contribution < -0.4 is 0 Å². The molecular weight excluding hydrogens is 246 g/mol. The molecule has 0 saturated carbocycles. The van der Waals surface area contributed by atoms with E-state index in [-0.39, 0.29) is 12.5 Å². The topological polar surface area (TPSA) is 67.6 Å². The van der Waals surface area contributed by atoms with E-state index in [1.165, 1.54) is 0 Å². The first-order valence-electron chi connectivity index (χ1n) is 6.74. The van der Waals surface area contributed by atoms with Gasteiger partial charge in [-0.2, -0.15) is 0 Å². The summed E-state index contributed by atoms with van der Waals surface area (Å²) in [5.74, 6) is 0.219. The number of ether oxygens (including phenoxy) is 1. The Bertz CT molecular complexity index is 419. The minimum Gasteiger partial charge on any atom is -0.481 e. The summed E-state index contributed by atoms with van der Waals surface area (Å²) in [6, 6.07) is -0.0574. The van der Waals surface area contributed by atoms with Crippen LogP contribution in [-0.2, 0) is 22.6 Å². The standard InChI is InChI=1S/C13H21N3O3/c1-2-4-15-5-3-14-12(15)9-16-6-7-19-10-11(16)8-13(17)18/h3,5,11H,2,4,6-10H2,1H3,(H,17,18). The number of carboxylic acids is 1. The zero-order chi connectivity index (χ0) is 13.7. The molecule has 0 aromatic carbocycles. The summed E-state index contributed by atoms with van der Waals surface area (Å²) in [5.41, 5.74) is 0. The van der Waals surface area contributed by atoms with E-state index in [0.29, 0.717) is 19.8 Å². The number of hydrogen-bond donors (Lipinski definition) is 1. The minimum absolute atomic E-state index is 0.0574. The summed E-state index contributed by atoms with van der Waals surface area (Å²) in [5, 5.41) is 8.95. The molecule has 1 unspecified atom stereocenters. The monoisotopic (exact) mass is 267 g/mol. The van der Waals surface area contributed by atoms with E-state index in [9.17, 15) is 4.79 Å². The molecule has 0 spiro atoms. The second-order valence-electron chi connectivity index (χ2n) is 4.83. The van der Waals surface area contributed by atoms with Gasteiger partial charge in [0.15, 0.2) is 0 Å². The maximum atomic E-state index is 10.9. The molecule has 0 aliphatic carbocycles. The van der Waals surface area contributed by atoms with Gasteiger partial charge in [0.25, 0.3) is 0 Å². The lowest BCUT2D eigenvalue weighted by Gasteiger charge is -2.34. The number of morpholine rings is 1. The Morgan fingerprint density at radius 2 is 2.47 bits per heavy atom. The van der Waals surface area contributed by atoms with Crippen LogP contribution in [0.1, 0.15) is 25.6 Å². The Hall–Kier alpha value is -1.40. The number of carbonyl (C=O) groups is 1. The van der Waals surface area contributed by atoms with E-state index in [4.69, 9.17) is 9.84 Å². The third-order valence-electron chi connectivity index (χ3n) is 3.37. The Kier molecular flexibility index (Phi) is 4.93. The number of carboxylic acid groups (broad SMARTS) is 1. The predicted octanol–water partition coefficient (Wildman–Crippen LogP) is 0.969. The van der Waals surface area contributed by atoms with Crippen LogP contribution in [0.3, 0.4) is 0 Å². The summed E-state index contributed by atoms with van der Waals surface area (Å²) in [4.78, 5) is 17.4. The molecule has 0 radical (unpaired) electrons. The highest BCUT2D eigenvalue weighted by Crippen LogP contribution is 2.14. The molecule has 6 nitrogen and oxygen atoms in total. The van der Waals surface area contributed by atoms with Gasteiger partial charge in [-0.3, -0.25) is 9.69 Å². The number of aliphatic carboxylic acids is 1. The van der Waals surface area contributed by atoms with Crippen LogP contribution in [0.4, 0.5) is 0 Å². The van der Waals surface area contributed by atoms with Crippen LogP contribution in [0.25, 0.3) is 0 Å². The van der Waals surface area contributed by atoms with E-state index in [1.54, 1.807) is 6.20 Å². The van der Waals surface area contributed by atoms with Gasteiger partial charge in [0.1, 0.15) is 5.82 Å². The van der Waals surface area contributed by atoms with Gasteiger partial charge in [-0.25, -0.2) is 4.98 Å². The van der Waals surface area contributed by atoms with Crippen molar-refractivity contribution in [2.24, 2.45) is 0 Å². The number of aromatic nitrogens is 2. The SMILES string of the molecule is CCCn1ccnc1CN1CCOCC1CC(=O)O. The number of rotatable bonds is 6. The van der Waals surface area contributed by atoms with Crippen molar-refractivity contribution in [3.8, 4) is 0 Å². The van der Waals surface area contributed by atoms with Crippen molar-refractivity contribution in [3.63, 3.8) is 0 Å². The largest absolute Gasteiger partial charge is 0.481 e. The van der Waals surface area contributed by atoms with E-state index in [1.807, 2.05) is 6.20 Å². The molecule has 1 aromatic rings. The van der Waals surface area contributed by atoms with Crippen LogP contribution in [0.2, 0.25) is 0 Å². The molecular formula is C13H21N3O3. The zero-order valence-corrected chi connectivity index (χ0v) is 11.3. The van der Waals surface area contributed by atoms with E-state index >= 15 is 0 Å². The molecule has 1 fully saturated rings. The fourth-order valence-electron chi connectivity index (χ4n) is 2.40. The summed E-state index contributed by atoms with van der Waals surface area (Å²) in [6.07, 6.45) is 4.96. The quantitative estimate of drug-likeness (QED) is 0.831. The van der Waals surface area contributed by atoms with Crippen LogP contribution in [0, 0.1) is 0 Å². The van der Waals surface area contributed by atoms with Crippen molar-refractivity contribution < 1.29 is 14.6 Å². The Labute approximate surface area is 113 Å². The summed E-state index contributed by atoms with van der Waals surface area (Å²) < 4.78 is 7.51. The van der Waals surface area contributed by atoms with Crippen LogP contribution >= 0.6 is 0 Å². The van der Waals surface area contributed by atoms with Gasteiger partial charge in [0.05, 0.1) is 26.2 Å². The molecule has 0 bridgehead atoms. The Balaban J connectivity index is 2.02. The molecule has 1 aliphatic rings. The number of nitrogens with zero attached hydrogens (tertiary/aromatic N) is 3. The molecule has 1 atom stereocenters. The first-order chi connectivity index (χ1) is 9.20. The lowest BCUT2D eigenvalue weighted by molar-refractivity contribution is -0.140. The third-order valence-corrected chi connectivity index (χ3v) is 3.37. The average molecular weight is 267 g/mol. The van der Waals surface area contributed by atoms with Gasteiger partial charge >= 0.3 is 5.97 Å². The second kappa shape index (κ2) is 6.68. The molecule has 2 heterocycles. The lowest BCUT2D eigenvalue weighted by atomic mass is 10.1. The maximum absolute atomic E-state index is 10.9. The van der Waals surface area contributed by atoms with Crippen LogP contribution in [0.15, 0.2) is 12.4 Å². The lowest BCUT2D eigenvalue weighted by Crippen LogP contribution is -2.46. The molecule has 19 heavy (non-hydrogen) atoms. The molecule has 1 saturated heterocycles. The van der Waals surface area contributed by atoms with Crippen molar-refractivity contribution in [2.75, 3.05) is 19.8 Å². The molecule has 6 heteroatoms. The van der Waals surface area contributed by atoms with E-state index in [2.05, 4.69) is 21.4 Å². The molecule has 1 aliphatic heterocycles. The molecule has 106 valence electrons. The second-order valence-corrected chi connectivity index (χ2v) is 4.83. The molecule has 0 amide bonds. The van der Waals surface area contributed by atoms with Crippen molar-refractivity contribution in [1.82, 2.24) is 14.5 Å². The number of aryl methyl sites for hydroxylation is 1. The average Bonchev–Trinajstić information content (AvgIpc) is 2.79. The normalized spacial score (nSPS) is 20.6. The Morgan fingerprint density at radius 3 is 3.21 bits per heavy atom. The number of hydrogen-bond acceptors (Lipinski definition) is 4. The molecule has 1 aromatic heterocycles. The van der Waals surface area contributed by atoms with Crippen LogP contribution in [0.5, 0.6) is 0 Å². The van der Waals surface area contributed by atoms with Crippen LogP contribution in [-0.4, -0.2) is 51.3 Å². The highest BCUT2D eigenvalue weighted by atomic mass is 16.5. The van der Waals surface area contributed by atoms with Gasteiger partial charge in [0, 0.05) is 31.5 Å². The predicted molar refractivity (Wildman–Crippen MR) is 69.8 cm³/mol. The van der Waals surface area contributed by atoms with E-state index < -0.39 is 5.97 Å². The minimum atomic E-state index is -0.780. The fourth-order valence-corrected chi connectivity index (χ4v) is 2.40. The van der Waals surface area contributed by atoms with Crippen molar-refractivity contribution >= 4 is 5.97 Å². The van der Waals surface area contributed by atoms with Crippen molar-refractivity contribution in [2.45, 2.75) is 38.9 Å². The Morgan fingerprint density at radius 1 is 1.63 bits per heavy atom. The maximum Gasteiger partial charge on any atom is 0.305 e. The third kappa shape index (κ3) is 3.78. The first kappa shape index (κ1) is 14.0. The summed E-state index contributed by atoms with van der Waals surface area (Å²) >= 11 is 0. The summed E-state index contributed by atoms with van der Waals surface area (Å²) in [7, 11) is 0. The number of imidazole rings is 1. The van der Waals surface area contributed by atoms with Crippen molar-refractivity contribution in [1.29, 1.82) is 0 Å². The smallest absolute Gasteiger partial charge is 0.305 e. The van der Waals surface area contributed by atoms with E-state index in [0.717, 1.165) is 25.3 Å². The zero-order valence-electron chi connectivity index (χ0n) is 11.3. The molecule has 2 rings (SSSR count). The molecule has 1 N–H and O–H groups in total.